The van der Waals surface area contributed by atoms with Gasteiger partial charge in [0.1, 0.15) is 5.75 Å². The standard InChI is InChI=1S/C16H19NO2/c1-10-8-11(2)12(3)15(9-10)19-16-14(13(4)18)6-5-7-17-16/h5-9,13,18H,1-4H3/t13-/m1/s1. The third kappa shape index (κ3) is 2.93. The average Bonchev–Trinajstić information content (AvgIpc) is 2.35. The molecule has 1 aromatic heterocycles. The van der Waals surface area contributed by atoms with Crippen molar-refractivity contribution >= 4 is 0 Å². The molecule has 19 heavy (non-hydrogen) atoms. The summed E-state index contributed by atoms with van der Waals surface area (Å²) < 4.78 is 5.89. The number of pyridine rings is 1. The van der Waals surface area contributed by atoms with Crippen LogP contribution in [0.3, 0.4) is 0 Å². The quantitative estimate of drug-likeness (QED) is 0.908. The second kappa shape index (κ2) is 5.41. The van der Waals surface area contributed by atoms with Crippen LogP contribution in [0.15, 0.2) is 30.5 Å². The minimum atomic E-state index is -0.602. The maximum atomic E-state index is 9.74. The molecule has 0 unspecified atom stereocenters. The molecule has 0 aliphatic rings. The highest BCUT2D eigenvalue weighted by Gasteiger charge is 2.12. The molecule has 2 aromatic rings. The number of benzene rings is 1. The third-order valence-corrected chi connectivity index (χ3v) is 3.22. The normalized spacial score (nSPS) is 12.3. The summed E-state index contributed by atoms with van der Waals surface area (Å²) in [6.07, 6.45) is 1.06. The van der Waals surface area contributed by atoms with Gasteiger partial charge in [0.25, 0.3) is 0 Å². The van der Waals surface area contributed by atoms with Gasteiger partial charge in [-0.15, -0.1) is 0 Å². The van der Waals surface area contributed by atoms with Crippen LogP contribution in [0.4, 0.5) is 0 Å². The second-order valence-electron chi connectivity index (χ2n) is 4.88. The van der Waals surface area contributed by atoms with Gasteiger partial charge in [0, 0.05) is 11.8 Å². The summed E-state index contributed by atoms with van der Waals surface area (Å²) in [4.78, 5) is 4.21. The van der Waals surface area contributed by atoms with Gasteiger partial charge in [-0.2, -0.15) is 0 Å². The highest BCUT2D eigenvalue weighted by Crippen LogP contribution is 2.31. The van der Waals surface area contributed by atoms with Crippen LogP contribution in [-0.2, 0) is 0 Å². The molecular weight excluding hydrogens is 238 g/mol. The summed E-state index contributed by atoms with van der Waals surface area (Å²) in [5, 5.41) is 9.74. The fraction of sp³-hybridized carbons (Fsp3) is 0.312. The Balaban J connectivity index is 2.42. The lowest BCUT2D eigenvalue weighted by molar-refractivity contribution is 0.194. The summed E-state index contributed by atoms with van der Waals surface area (Å²) in [6, 6.07) is 7.73. The Bertz CT molecular complexity index is 591. The lowest BCUT2D eigenvalue weighted by atomic mass is 10.1. The topological polar surface area (TPSA) is 42.4 Å². The number of aliphatic hydroxyl groups excluding tert-OH is 1. The summed E-state index contributed by atoms with van der Waals surface area (Å²) in [6.45, 7) is 7.82. The van der Waals surface area contributed by atoms with E-state index in [4.69, 9.17) is 4.74 Å². The molecule has 0 saturated heterocycles. The van der Waals surface area contributed by atoms with Gasteiger partial charge in [-0.3, -0.25) is 0 Å². The van der Waals surface area contributed by atoms with Gasteiger partial charge in [0.2, 0.25) is 5.88 Å². The van der Waals surface area contributed by atoms with E-state index in [1.165, 1.54) is 5.56 Å². The number of rotatable bonds is 3. The predicted octanol–water partition coefficient (Wildman–Crippen LogP) is 3.85. The van der Waals surface area contributed by atoms with Crippen LogP contribution in [0.25, 0.3) is 0 Å². The molecule has 1 N–H and O–H groups in total. The van der Waals surface area contributed by atoms with Crippen LogP contribution < -0.4 is 4.74 Å². The van der Waals surface area contributed by atoms with Gasteiger partial charge in [0.05, 0.1) is 6.10 Å². The van der Waals surface area contributed by atoms with Gasteiger partial charge < -0.3 is 9.84 Å². The Hall–Kier alpha value is -1.87. The molecule has 0 spiro atoms. The van der Waals surface area contributed by atoms with E-state index in [1.54, 1.807) is 19.2 Å². The molecule has 100 valence electrons. The second-order valence-corrected chi connectivity index (χ2v) is 4.88. The number of hydrogen-bond acceptors (Lipinski definition) is 3. The predicted molar refractivity (Wildman–Crippen MR) is 75.6 cm³/mol. The molecule has 1 aromatic carbocycles. The number of nitrogens with zero attached hydrogens (tertiary/aromatic N) is 1. The molecule has 2 rings (SSSR count). The first kappa shape index (κ1) is 13.6. The van der Waals surface area contributed by atoms with Crippen molar-refractivity contribution in [1.82, 2.24) is 4.98 Å². The third-order valence-electron chi connectivity index (χ3n) is 3.22. The zero-order valence-corrected chi connectivity index (χ0v) is 11.8. The van der Waals surface area contributed by atoms with Crippen molar-refractivity contribution in [2.24, 2.45) is 0 Å². The van der Waals surface area contributed by atoms with E-state index < -0.39 is 6.10 Å². The van der Waals surface area contributed by atoms with E-state index in [2.05, 4.69) is 18.0 Å². The summed E-state index contributed by atoms with van der Waals surface area (Å²) in [5.41, 5.74) is 4.12. The highest BCUT2D eigenvalue weighted by atomic mass is 16.5. The zero-order chi connectivity index (χ0) is 14.0. The minimum Gasteiger partial charge on any atom is -0.438 e. The van der Waals surface area contributed by atoms with E-state index in [-0.39, 0.29) is 0 Å². The fourth-order valence-corrected chi connectivity index (χ4v) is 2.02. The first-order chi connectivity index (χ1) is 8.99. The SMILES string of the molecule is Cc1cc(C)c(C)c(Oc2ncccc2[C@@H](C)O)c1. The molecule has 0 amide bonds. The van der Waals surface area contributed by atoms with Crippen molar-refractivity contribution < 1.29 is 9.84 Å². The summed E-state index contributed by atoms with van der Waals surface area (Å²) >= 11 is 0. The van der Waals surface area contributed by atoms with Gasteiger partial charge in [0.15, 0.2) is 0 Å². The van der Waals surface area contributed by atoms with E-state index in [1.807, 2.05) is 26.0 Å². The van der Waals surface area contributed by atoms with Crippen molar-refractivity contribution in [2.75, 3.05) is 0 Å². The van der Waals surface area contributed by atoms with Crippen molar-refractivity contribution in [3.63, 3.8) is 0 Å². The van der Waals surface area contributed by atoms with Crippen LogP contribution in [-0.4, -0.2) is 10.1 Å². The Morgan fingerprint density at radius 1 is 1.21 bits per heavy atom. The zero-order valence-electron chi connectivity index (χ0n) is 11.8. The lowest BCUT2D eigenvalue weighted by Gasteiger charge is -2.14. The lowest BCUT2D eigenvalue weighted by Crippen LogP contribution is -1.99. The van der Waals surface area contributed by atoms with Crippen LogP contribution in [0.5, 0.6) is 11.6 Å². The maximum Gasteiger partial charge on any atom is 0.225 e. The molecule has 0 bridgehead atoms. The van der Waals surface area contributed by atoms with Crippen LogP contribution >= 0.6 is 0 Å². The monoisotopic (exact) mass is 257 g/mol. The summed E-state index contributed by atoms with van der Waals surface area (Å²) in [5.74, 6) is 1.25. The molecule has 3 heteroatoms. The molecule has 0 aliphatic heterocycles. The van der Waals surface area contributed by atoms with E-state index in [0.29, 0.717) is 11.4 Å². The first-order valence-corrected chi connectivity index (χ1v) is 6.37. The maximum absolute atomic E-state index is 9.74. The highest BCUT2D eigenvalue weighted by molar-refractivity contribution is 5.44. The number of ether oxygens (including phenoxy) is 1. The van der Waals surface area contributed by atoms with E-state index in [9.17, 15) is 5.11 Å². The number of aliphatic hydroxyl groups is 1. The van der Waals surface area contributed by atoms with Crippen LogP contribution in [0.1, 0.15) is 35.3 Å². The van der Waals surface area contributed by atoms with Crippen molar-refractivity contribution in [3.8, 4) is 11.6 Å². The number of hydrogen-bond donors (Lipinski definition) is 1. The largest absolute Gasteiger partial charge is 0.438 e. The van der Waals surface area contributed by atoms with Gasteiger partial charge in [-0.05, 0) is 62.6 Å². The molecule has 3 nitrogen and oxygen atoms in total. The van der Waals surface area contributed by atoms with Crippen molar-refractivity contribution in [2.45, 2.75) is 33.8 Å². The smallest absolute Gasteiger partial charge is 0.225 e. The van der Waals surface area contributed by atoms with Gasteiger partial charge >= 0.3 is 0 Å². The molecule has 1 heterocycles. The van der Waals surface area contributed by atoms with Crippen molar-refractivity contribution in [1.29, 1.82) is 0 Å². The molecule has 0 saturated carbocycles. The van der Waals surface area contributed by atoms with E-state index >= 15 is 0 Å². The number of aryl methyl sites for hydroxylation is 2. The van der Waals surface area contributed by atoms with Crippen molar-refractivity contribution in [3.05, 3.63) is 52.7 Å². The van der Waals surface area contributed by atoms with Gasteiger partial charge in [-0.25, -0.2) is 4.98 Å². The Labute approximate surface area is 113 Å². The Kier molecular flexibility index (Phi) is 3.86. The molecular formula is C16H19NO2. The molecule has 0 aliphatic carbocycles. The van der Waals surface area contributed by atoms with Crippen LogP contribution in [0, 0.1) is 20.8 Å². The minimum absolute atomic E-state index is 0.464. The summed E-state index contributed by atoms with van der Waals surface area (Å²) in [7, 11) is 0. The average molecular weight is 257 g/mol. The first-order valence-electron chi connectivity index (χ1n) is 6.37. The number of aromatic nitrogens is 1. The molecule has 0 radical (unpaired) electrons. The van der Waals surface area contributed by atoms with Gasteiger partial charge in [-0.1, -0.05) is 6.07 Å². The fourth-order valence-electron chi connectivity index (χ4n) is 2.02. The Morgan fingerprint density at radius 3 is 2.63 bits per heavy atom. The molecule has 0 fully saturated rings. The molecule has 1 atom stereocenters. The van der Waals surface area contributed by atoms with Crippen LogP contribution in [0.2, 0.25) is 0 Å². The Morgan fingerprint density at radius 2 is 1.95 bits per heavy atom. The van der Waals surface area contributed by atoms with E-state index in [0.717, 1.165) is 16.9 Å².